The van der Waals surface area contributed by atoms with Crippen molar-refractivity contribution in [2.24, 2.45) is 51.8 Å². The number of nitrogens with zero attached hydrogens (tertiary/aromatic N) is 5. The van der Waals surface area contributed by atoms with Crippen molar-refractivity contribution >= 4 is 5.78 Å². The van der Waals surface area contributed by atoms with Crippen molar-refractivity contribution in [2.75, 3.05) is 28.2 Å². The van der Waals surface area contributed by atoms with Crippen LogP contribution in [0.1, 0.15) is 211 Å². The lowest BCUT2D eigenvalue weighted by molar-refractivity contribution is -0.148. The number of fused-ring (bicyclic) bond motifs is 3. The second kappa shape index (κ2) is 22.8. The topological polar surface area (TPSA) is 89.9 Å². The Kier molecular flexibility index (Phi) is 15.3. The van der Waals surface area contributed by atoms with Gasteiger partial charge < -0.3 is 24.0 Å². The number of pyridine rings is 3. The molecule has 91 heavy (non-hydrogen) atoms. The number of carbonyl (C=O) groups excluding carboxylic acids is 1. The Morgan fingerprint density at radius 2 is 0.813 bits per heavy atom. The molecule has 15 aliphatic rings. The third-order valence-corrected chi connectivity index (χ3v) is 29.4. The molecule has 9 heterocycles. The van der Waals surface area contributed by atoms with Crippen LogP contribution in [0.15, 0.2) is 143 Å². The normalized spacial score (nSPS) is 43.0. The number of aryl methyl sites for hydroxylation is 3. The summed E-state index contributed by atoms with van der Waals surface area (Å²) in [4.78, 5) is 30.1. The standard InChI is InChI=1S/2C28H38N2O.C26H31NO2/c2*1-26-13-12-23-17-22-8-10-24(30(2)3)18-27(22)14-15-28(23,31-27)25(26)11-9-21(26)7-6-20-5-4-16-29-19-20;1-24-11-10-21-15-20-6-8-22(28)16-25(20)12-13-26(21,29-25)23(24)9-7-19(24)5-4-18-3-2-14-27-17-18/h2*4-5,12,16-17,19,21,24-25H,6-11,13-15,18H2,1-3H3;2-3,10,14-15,17,19,23H,4-9,11-13,16H2,1H3/t21-,24+,25+,26+,27+,28?;21-,24-,25+,26+,27+,28?;19-,23+,24+,25+,26?/m000/s1. The van der Waals surface area contributed by atoms with Crippen molar-refractivity contribution in [3.63, 3.8) is 0 Å². The van der Waals surface area contributed by atoms with Gasteiger partial charge in [-0.15, -0.1) is 0 Å². The first-order valence-electron chi connectivity index (χ1n) is 36.8. The molecule has 484 valence electrons. The van der Waals surface area contributed by atoms with E-state index in [0.29, 0.717) is 64.7 Å². The molecule has 6 bridgehead atoms. The Hall–Kier alpha value is -4.64. The second-order valence-corrected chi connectivity index (χ2v) is 33.7. The minimum Gasteiger partial charge on any atom is -0.359 e. The summed E-state index contributed by atoms with van der Waals surface area (Å²) in [6, 6.07) is 14.2. The SMILES string of the molecule is CN(C)[C@@H]1CCC2=CC3=CC[C@]4(C)[C@@H](CCc5cccnc5)CC[C@H]4C34CC[C@]2(C1)O4.CN(C)[C@H]1CCC2=CC3=CC[C@]4(C)[C@@H](CCc5cccnc5)CC[C@H]4C34CC[C@]2(C1)O4.C[C@]12CC=C3C=C4CCC(=O)C[C@]45CCC3(O5)[C@@H]1CC[C@@H]2CCc1cccnc1. The van der Waals surface area contributed by atoms with E-state index in [1.807, 2.05) is 43.2 Å². The molecule has 3 saturated heterocycles. The van der Waals surface area contributed by atoms with E-state index >= 15 is 0 Å². The first-order chi connectivity index (χ1) is 43.9. The molecule has 0 amide bonds. The van der Waals surface area contributed by atoms with Gasteiger partial charge >= 0.3 is 0 Å². The molecule has 9 fully saturated rings. The number of Topliss-reactive ketones (excluding diaryl/α,β-unsaturated/α-hetero) is 1. The summed E-state index contributed by atoms with van der Waals surface area (Å²) in [6.07, 6.45) is 62.6. The molecule has 9 heteroatoms. The number of aromatic nitrogens is 3. The van der Waals surface area contributed by atoms with Crippen LogP contribution in [-0.2, 0) is 38.3 Å². The number of ether oxygens (including phenoxy) is 3. The van der Waals surface area contributed by atoms with Gasteiger partial charge in [0, 0.05) is 62.1 Å². The molecule has 0 N–H and O–H groups in total. The van der Waals surface area contributed by atoms with Crippen LogP contribution in [0.25, 0.3) is 0 Å². The Labute approximate surface area is 545 Å². The fraction of sp³-hybridized carbons (Fsp3) is 0.659. The molecule has 18 rings (SSSR count). The average molecular weight is 1230 g/mol. The predicted octanol–water partition coefficient (Wildman–Crippen LogP) is 16.8. The number of hydrogen-bond donors (Lipinski definition) is 0. The average Bonchev–Trinajstić information content (AvgIpc) is 1.57. The van der Waals surface area contributed by atoms with Crippen LogP contribution < -0.4 is 0 Å². The number of rotatable bonds is 11. The highest BCUT2D eigenvalue weighted by molar-refractivity contribution is 5.82. The van der Waals surface area contributed by atoms with Gasteiger partial charge in [0.2, 0.25) is 0 Å². The van der Waals surface area contributed by atoms with Crippen molar-refractivity contribution in [2.45, 2.75) is 259 Å². The lowest BCUT2D eigenvalue weighted by Crippen LogP contribution is -2.55. The highest BCUT2D eigenvalue weighted by atomic mass is 16.5. The summed E-state index contributed by atoms with van der Waals surface area (Å²) >= 11 is 0. The summed E-state index contributed by atoms with van der Waals surface area (Å²) in [5.74, 6) is 4.65. The summed E-state index contributed by atoms with van der Waals surface area (Å²) in [5, 5.41) is 0. The third kappa shape index (κ3) is 9.77. The predicted molar refractivity (Wildman–Crippen MR) is 362 cm³/mol. The number of carbonyl (C=O) groups is 1. The zero-order valence-corrected chi connectivity index (χ0v) is 56.6. The Balaban J connectivity index is 0.000000109. The monoisotopic (exact) mass is 1230 g/mol. The summed E-state index contributed by atoms with van der Waals surface area (Å²) in [6.45, 7) is 7.72. The molecule has 0 radical (unpaired) electrons. The molecule has 6 spiro atoms. The molecule has 6 saturated carbocycles. The van der Waals surface area contributed by atoms with E-state index in [1.54, 1.807) is 22.3 Å². The van der Waals surface area contributed by atoms with E-state index in [0.717, 1.165) is 56.3 Å². The quantitative estimate of drug-likeness (QED) is 0.186. The first-order valence-corrected chi connectivity index (χ1v) is 36.8. The minimum atomic E-state index is -0.265. The zero-order valence-electron chi connectivity index (χ0n) is 56.6. The second-order valence-electron chi connectivity index (χ2n) is 33.7. The zero-order chi connectivity index (χ0) is 62.2. The van der Waals surface area contributed by atoms with Gasteiger partial charge in [0.1, 0.15) is 5.78 Å². The molecular weight excluding hydrogens is 1120 g/mol. The van der Waals surface area contributed by atoms with E-state index in [-0.39, 0.29) is 33.6 Å². The lowest BCUT2D eigenvalue weighted by Gasteiger charge is -2.54. The van der Waals surface area contributed by atoms with Crippen molar-refractivity contribution in [1.82, 2.24) is 24.8 Å². The van der Waals surface area contributed by atoms with Crippen molar-refractivity contribution in [3.05, 3.63) is 160 Å². The van der Waals surface area contributed by atoms with Crippen molar-refractivity contribution in [3.8, 4) is 0 Å². The highest BCUT2D eigenvalue weighted by Gasteiger charge is 2.70. The molecule has 9 nitrogen and oxygen atoms in total. The van der Waals surface area contributed by atoms with Crippen LogP contribution in [-0.4, -0.2) is 104 Å². The fourth-order valence-corrected chi connectivity index (χ4v) is 24.3. The van der Waals surface area contributed by atoms with Gasteiger partial charge in [-0.1, -0.05) is 75.4 Å². The largest absolute Gasteiger partial charge is 0.359 e. The first kappa shape index (κ1) is 61.2. The van der Waals surface area contributed by atoms with Gasteiger partial charge in [-0.3, -0.25) is 19.7 Å². The summed E-state index contributed by atoms with van der Waals surface area (Å²) < 4.78 is 21.8. The summed E-state index contributed by atoms with van der Waals surface area (Å²) in [7, 11) is 8.99. The van der Waals surface area contributed by atoms with Gasteiger partial charge in [0.15, 0.2) is 0 Å². The lowest BCUT2D eigenvalue weighted by atomic mass is 9.58. The third-order valence-electron chi connectivity index (χ3n) is 29.4. The van der Waals surface area contributed by atoms with E-state index in [9.17, 15) is 4.79 Å². The van der Waals surface area contributed by atoms with Crippen LogP contribution in [0.4, 0.5) is 0 Å². The number of allylic oxidation sites excluding steroid dienone is 3. The summed E-state index contributed by atoms with van der Waals surface area (Å²) in [5.41, 5.74) is 14.0. The van der Waals surface area contributed by atoms with E-state index in [2.05, 4.69) is 141 Å². The molecule has 17 atom stereocenters. The van der Waals surface area contributed by atoms with E-state index in [1.165, 1.54) is 169 Å². The van der Waals surface area contributed by atoms with Gasteiger partial charge in [0.05, 0.1) is 33.6 Å². The Morgan fingerprint density at radius 3 is 1.18 bits per heavy atom. The van der Waals surface area contributed by atoms with Crippen molar-refractivity contribution < 1.29 is 19.0 Å². The van der Waals surface area contributed by atoms with Gasteiger partial charge in [-0.05, 0) is 328 Å². The minimum absolute atomic E-state index is 0.00620. The smallest absolute Gasteiger partial charge is 0.136 e. The Bertz CT molecular complexity index is 3330. The van der Waals surface area contributed by atoms with Crippen LogP contribution in [0.2, 0.25) is 0 Å². The molecule has 0 aromatic carbocycles. The maximum atomic E-state index is 12.3. The molecular formula is C82H107N5O4. The van der Waals surface area contributed by atoms with Gasteiger partial charge in [-0.2, -0.15) is 0 Å². The van der Waals surface area contributed by atoms with Gasteiger partial charge in [-0.25, -0.2) is 0 Å². The Morgan fingerprint density at radius 1 is 0.451 bits per heavy atom. The van der Waals surface area contributed by atoms with E-state index < -0.39 is 0 Å². The molecule has 3 unspecified atom stereocenters. The van der Waals surface area contributed by atoms with Gasteiger partial charge in [0.25, 0.3) is 0 Å². The molecule has 3 aromatic rings. The maximum Gasteiger partial charge on any atom is 0.136 e. The fourth-order valence-electron chi connectivity index (χ4n) is 24.3. The molecule has 6 aliphatic heterocycles. The highest BCUT2D eigenvalue weighted by Crippen LogP contribution is 2.72. The van der Waals surface area contributed by atoms with E-state index in [4.69, 9.17) is 14.2 Å². The molecule has 9 aliphatic carbocycles. The van der Waals surface area contributed by atoms with Crippen LogP contribution in [0.3, 0.4) is 0 Å². The van der Waals surface area contributed by atoms with Crippen LogP contribution >= 0.6 is 0 Å². The van der Waals surface area contributed by atoms with Crippen LogP contribution in [0, 0.1) is 51.8 Å². The number of ketones is 1. The van der Waals surface area contributed by atoms with Crippen molar-refractivity contribution in [1.29, 1.82) is 0 Å². The maximum absolute atomic E-state index is 12.3. The molecule has 3 aromatic heterocycles. The number of hydrogen-bond acceptors (Lipinski definition) is 9. The van der Waals surface area contributed by atoms with Crippen LogP contribution in [0.5, 0.6) is 0 Å².